The van der Waals surface area contributed by atoms with Gasteiger partial charge >= 0.3 is 0 Å². The second-order valence-electron chi connectivity index (χ2n) is 5.30. The Labute approximate surface area is 115 Å². The van der Waals surface area contributed by atoms with Crippen LogP contribution < -0.4 is 10.6 Å². The Morgan fingerprint density at radius 3 is 2.11 bits per heavy atom. The van der Waals surface area contributed by atoms with Crippen LogP contribution in [-0.4, -0.2) is 45.6 Å². The van der Waals surface area contributed by atoms with Crippen molar-refractivity contribution in [3.8, 4) is 0 Å². The summed E-state index contributed by atoms with van der Waals surface area (Å²) in [6.45, 7) is 3.78. The highest BCUT2D eigenvalue weighted by atomic mass is 16.5. The third-order valence-corrected chi connectivity index (χ3v) is 3.68. The molecule has 1 aliphatic heterocycles. The summed E-state index contributed by atoms with van der Waals surface area (Å²) in [5, 5.41) is 0. The molecule has 4 nitrogen and oxygen atoms in total. The molecular weight excluding hydrogens is 240 g/mol. The van der Waals surface area contributed by atoms with Crippen LogP contribution in [0.2, 0.25) is 0 Å². The molecule has 19 heavy (non-hydrogen) atoms. The van der Waals surface area contributed by atoms with Crippen molar-refractivity contribution in [2.45, 2.75) is 31.6 Å². The zero-order valence-corrected chi connectivity index (χ0v) is 12.0. The maximum atomic E-state index is 5.81. The zero-order valence-electron chi connectivity index (χ0n) is 12.0. The number of nitrogens with zero attached hydrogens (tertiary/aromatic N) is 1. The van der Waals surface area contributed by atoms with Gasteiger partial charge in [0.25, 0.3) is 0 Å². The summed E-state index contributed by atoms with van der Waals surface area (Å²) in [6, 6.07) is 8.82. The molecule has 1 aromatic carbocycles. The number of methoxy groups -OCH3 is 2. The Hall–Kier alpha value is -1.10. The van der Waals surface area contributed by atoms with Gasteiger partial charge in [0, 0.05) is 39.0 Å². The van der Waals surface area contributed by atoms with E-state index in [2.05, 4.69) is 29.2 Å². The van der Waals surface area contributed by atoms with Crippen LogP contribution in [0.1, 0.15) is 12.5 Å². The maximum Gasteiger partial charge on any atom is 0.102 e. The molecule has 1 aromatic rings. The van der Waals surface area contributed by atoms with Crippen molar-refractivity contribution in [2.24, 2.45) is 5.73 Å². The van der Waals surface area contributed by atoms with Gasteiger partial charge in [0.15, 0.2) is 0 Å². The normalized spacial score (nSPS) is 24.7. The lowest BCUT2D eigenvalue weighted by atomic mass is 10.1. The van der Waals surface area contributed by atoms with E-state index in [9.17, 15) is 0 Å². The van der Waals surface area contributed by atoms with Crippen molar-refractivity contribution in [2.75, 3.05) is 32.2 Å². The minimum Gasteiger partial charge on any atom is -0.377 e. The SMILES string of the molecule is COC1CN(c2ccc(CC(C)N)cc2)CC1OC. The van der Waals surface area contributed by atoms with Crippen molar-refractivity contribution >= 4 is 5.69 Å². The third kappa shape index (κ3) is 3.47. The molecule has 3 unspecified atom stereocenters. The average molecular weight is 264 g/mol. The molecule has 0 saturated carbocycles. The molecule has 1 heterocycles. The summed E-state index contributed by atoms with van der Waals surface area (Å²) < 4.78 is 10.9. The highest BCUT2D eigenvalue weighted by Crippen LogP contribution is 2.24. The first kappa shape index (κ1) is 14.3. The van der Waals surface area contributed by atoms with Gasteiger partial charge in [-0.2, -0.15) is 0 Å². The molecule has 106 valence electrons. The van der Waals surface area contributed by atoms with Crippen LogP contribution in [0.5, 0.6) is 0 Å². The minimum absolute atomic E-state index is 0.147. The molecule has 1 fully saturated rings. The van der Waals surface area contributed by atoms with Crippen LogP contribution >= 0.6 is 0 Å². The number of hydrogen-bond acceptors (Lipinski definition) is 4. The predicted octanol–water partition coefficient (Wildman–Crippen LogP) is 1.43. The van der Waals surface area contributed by atoms with Gasteiger partial charge in [-0.3, -0.25) is 0 Å². The summed E-state index contributed by atoms with van der Waals surface area (Å²) in [7, 11) is 3.48. The first-order chi connectivity index (χ1) is 9.13. The van der Waals surface area contributed by atoms with Gasteiger partial charge in [-0.15, -0.1) is 0 Å². The van der Waals surface area contributed by atoms with E-state index in [1.165, 1.54) is 11.3 Å². The lowest BCUT2D eigenvalue weighted by molar-refractivity contribution is -0.00461. The largest absolute Gasteiger partial charge is 0.377 e. The van der Waals surface area contributed by atoms with E-state index >= 15 is 0 Å². The lowest BCUT2D eigenvalue weighted by Crippen LogP contribution is -2.27. The summed E-state index contributed by atoms with van der Waals surface area (Å²) >= 11 is 0. The monoisotopic (exact) mass is 264 g/mol. The molecule has 0 radical (unpaired) electrons. The molecule has 0 bridgehead atoms. The fourth-order valence-electron chi connectivity index (χ4n) is 2.62. The molecule has 0 aliphatic carbocycles. The van der Waals surface area contributed by atoms with Crippen molar-refractivity contribution in [1.29, 1.82) is 0 Å². The average Bonchev–Trinajstić information content (AvgIpc) is 2.82. The van der Waals surface area contributed by atoms with Gasteiger partial charge in [-0.25, -0.2) is 0 Å². The van der Waals surface area contributed by atoms with Crippen molar-refractivity contribution in [3.63, 3.8) is 0 Å². The maximum absolute atomic E-state index is 5.81. The Bertz CT molecular complexity index is 380. The van der Waals surface area contributed by atoms with Gasteiger partial charge in [0.1, 0.15) is 12.2 Å². The van der Waals surface area contributed by atoms with E-state index in [4.69, 9.17) is 15.2 Å². The molecule has 2 rings (SSSR count). The first-order valence-corrected chi connectivity index (χ1v) is 6.79. The summed E-state index contributed by atoms with van der Waals surface area (Å²) in [5.74, 6) is 0. The molecule has 0 spiro atoms. The number of hydrogen-bond donors (Lipinski definition) is 1. The van der Waals surface area contributed by atoms with Crippen LogP contribution in [0.3, 0.4) is 0 Å². The lowest BCUT2D eigenvalue weighted by Gasteiger charge is -2.18. The summed E-state index contributed by atoms with van der Waals surface area (Å²) in [6.07, 6.45) is 1.21. The first-order valence-electron chi connectivity index (χ1n) is 6.79. The molecule has 3 atom stereocenters. The van der Waals surface area contributed by atoms with Gasteiger partial charge in [-0.05, 0) is 31.0 Å². The smallest absolute Gasteiger partial charge is 0.102 e. The Morgan fingerprint density at radius 1 is 1.16 bits per heavy atom. The molecule has 1 aliphatic rings. The fourth-order valence-corrected chi connectivity index (χ4v) is 2.62. The fraction of sp³-hybridized carbons (Fsp3) is 0.600. The Morgan fingerprint density at radius 2 is 1.68 bits per heavy atom. The van der Waals surface area contributed by atoms with Crippen molar-refractivity contribution in [3.05, 3.63) is 29.8 Å². The summed E-state index contributed by atoms with van der Waals surface area (Å²) in [5.41, 5.74) is 8.31. The van der Waals surface area contributed by atoms with Crippen molar-refractivity contribution in [1.82, 2.24) is 0 Å². The number of benzene rings is 1. The number of ether oxygens (including phenoxy) is 2. The van der Waals surface area contributed by atoms with Crippen LogP contribution in [0.25, 0.3) is 0 Å². The second-order valence-corrected chi connectivity index (χ2v) is 5.30. The van der Waals surface area contributed by atoms with Gasteiger partial charge in [-0.1, -0.05) is 12.1 Å². The topological polar surface area (TPSA) is 47.7 Å². The highest BCUT2D eigenvalue weighted by molar-refractivity contribution is 5.49. The highest BCUT2D eigenvalue weighted by Gasteiger charge is 2.32. The molecule has 4 heteroatoms. The second kappa shape index (κ2) is 6.37. The van der Waals surface area contributed by atoms with E-state index < -0.39 is 0 Å². The Balaban J connectivity index is 2.03. The minimum atomic E-state index is 0.147. The zero-order chi connectivity index (χ0) is 13.8. The quantitative estimate of drug-likeness (QED) is 0.874. The van der Waals surface area contributed by atoms with E-state index in [0.29, 0.717) is 0 Å². The van der Waals surface area contributed by atoms with Crippen LogP contribution in [0, 0.1) is 0 Å². The molecule has 1 saturated heterocycles. The standard InChI is InChI=1S/C15H24N2O2/c1-11(16)8-12-4-6-13(7-5-12)17-9-14(18-2)15(10-17)19-3/h4-7,11,14-15H,8-10,16H2,1-3H3. The summed E-state index contributed by atoms with van der Waals surface area (Å²) in [4.78, 5) is 2.30. The van der Waals surface area contributed by atoms with Crippen LogP contribution in [-0.2, 0) is 15.9 Å². The van der Waals surface area contributed by atoms with Crippen molar-refractivity contribution < 1.29 is 9.47 Å². The van der Waals surface area contributed by atoms with Gasteiger partial charge < -0.3 is 20.1 Å². The third-order valence-electron chi connectivity index (χ3n) is 3.68. The molecular formula is C15H24N2O2. The van der Waals surface area contributed by atoms with Gasteiger partial charge in [0.05, 0.1) is 0 Å². The number of anilines is 1. The molecule has 0 amide bonds. The van der Waals surface area contributed by atoms with E-state index in [1.54, 1.807) is 14.2 Å². The van der Waals surface area contributed by atoms with Crippen LogP contribution in [0.4, 0.5) is 5.69 Å². The van der Waals surface area contributed by atoms with Gasteiger partial charge in [0.2, 0.25) is 0 Å². The molecule has 0 aromatic heterocycles. The van der Waals surface area contributed by atoms with E-state index in [-0.39, 0.29) is 18.2 Å². The van der Waals surface area contributed by atoms with E-state index in [0.717, 1.165) is 19.5 Å². The number of nitrogens with two attached hydrogens (primary N) is 1. The predicted molar refractivity (Wildman–Crippen MR) is 77.6 cm³/mol. The molecule has 2 N–H and O–H groups in total. The Kier molecular flexibility index (Phi) is 4.80. The van der Waals surface area contributed by atoms with Crippen LogP contribution in [0.15, 0.2) is 24.3 Å². The van der Waals surface area contributed by atoms with E-state index in [1.807, 2.05) is 6.92 Å². The number of rotatable bonds is 5.